The van der Waals surface area contributed by atoms with Crippen molar-refractivity contribution in [2.75, 3.05) is 0 Å². The quantitative estimate of drug-likeness (QED) is 0.0609. The molecule has 0 fully saturated rings. The molecule has 5 heterocycles. The first-order valence-corrected chi connectivity index (χ1v) is 22.8. The number of aliphatic hydroxyl groups is 2. The largest absolute Gasteiger partial charge is 0.515 e. The monoisotopic (exact) mass is 869 g/mol. The van der Waals surface area contributed by atoms with Crippen LogP contribution in [0.3, 0.4) is 0 Å². The van der Waals surface area contributed by atoms with Crippen molar-refractivity contribution >= 4 is 47.3 Å². The van der Waals surface area contributed by atoms with Crippen LogP contribution < -0.4 is 10.7 Å². The third kappa shape index (κ3) is 12.6. The molecule has 340 valence electrons. The van der Waals surface area contributed by atoms with Gasteiger partial charge in [-0.2, -0.15) is 0 Å². The van der Waals surface area contributed by atoms with Crippen LogP contribution in [-0.2, 0) is 9.59 Å². The van der Waals surface area contributed by atoms with Crippen molar-refractivity contribution in [1.82, 2.24) is 4.98 Å². The number of allylic oxidation sites excluding steroid dienone is 13. The van der Waals surface area contributed by atoms with Crippen LogP contribution in [-0.4, -0.2) is 60.6 Å². The molecule has 4 aliphatic rings. The summed E-state index contributed by atoms with van der Waals surface area (Å²) in [5.74, 6) is -1.27. The van der Waals surface area contributed by atoms with Crippen LogP contribution in [0.15, 0.2) is 125 Å². The minimum absolute atomic E-state index is 0.0848. The van der Waals surface area contributed by atoms with E-state index in [1.807, 2.05) is 32.9 Å². The van der Waals surface area contributed by atoms with Crippen molar-refractivity contribution in [3.63, 3.8) is 0 Å². The van der Waals surface area contributed by atoms with Gasteiger partial charge in [-0.15, -0.1) is 0 Å². The predicted molar refractivity (Wildman–Crippen MR) is 263 cm³/mol. The summed E-state index contributed by atoms with van der Waals surface area (Å²) in [5.41, 5.74) is 13.0. The van der Waals surface area contributed by atoms with Crippen LogP contribution in [0.1, 0.15) is 143 Å². The van der Waals surface area contributed by atoms with Crippen molar-refractivity contribution < 1.29 is 30.0 Å². The fraction of sp³-hybridized carbons (Fsp3) is 0.426. The second kappa shape index (κ2) is 22.7. The number of aromatic nitrogens is 1. The van der Waals surface area contributed by atoms with Gasteiger partial charge in [0.1, 0.15) is 0 Å². The maximum atomic E-state index is 11.9. The summed E-state index contributed by atoms with van der Waals surface area (Å²) in [5, 5.41) is 43.4. The Morgan fingerprint density at radius 1 is 0.719 bits per heavy atom. The molecule has 0 amide bonds. The Kier molecular flexibility index (Phi) is 17.4. The van der Waals surface area contributed by atoms with E-state index in [0.717, 1.165) is 76.9 Å². The molecule has 1 aromatic heterocycles. The molecular weight excluding hydrogens is 801 g/mol. The van der Waals surface area contributed by atoms with Gasteiger partial charge in [0.25, 0.3) is 0 Å². The topological polar surface area (TPSA) is 168 Å². The van der Waals surface area contributed by atoms with E-state index in [0.29, 0.717) is 69.7 Å². The molecule has 1 unspecified atom stereocenters. The number of aliphatic hydroxyl groups excluding tert-OH is 2. The zero-order chi connectivity index (χ0) is 46.7. The van der Waals surface area contributed by atoms with Crippen molar-refractivity contribution in [3.05, 3.63) is 132 Å². The number of carboxylic acid groups (broad SMARTS) is 2. The predicted octanol–water partition coefficient (Wildman–Crippen LogP) is 11.1. The van der Waals surface area contributed by atoms with E-state index in [-0.39, 0.29) is 25.7 Å². The molecule has 1 aromatic rings. The zero-order valence-electron chi connectivity index (χ0n) is 39.2. The third-order valence-corrected chi connectivity index (χ3v) is 12.6. The van der Waals surface area contributed by atoms with Crippen LogP contribution in [0.2, 0.25) is 0 Å². The van der Waals surface area contributed by atoms with E-state index in [4.69, 9.17) is 15.0 Å². The second-order valence-corrected chi connectivity index (χ2v) is 18.0. The summed E-state index contributed by atoms with van der Waals surface area (Å²) in [4.78, 5) is 42.1. The van der Waals surface area contributed by atoms with Crippen molar-refractivity contribution in [2.24, 2.45) is 20.9 Å². The first-order chi connectivity index (χ1) is 30.5. The highest BCUT2D eigenvalue weighted by Gasteiger charge is 2.30. The third-order valence-electron chi connectivity index (χ3n) is 12.6. The van der Waals surface area contributed by atoms with Crippen molar-refractivity contribution in [1.29, 1.82) is 0 Å². The summed E-state index contributed by atoms with van der Waals surface area (Å²) in [6, 6.07) is 0. The lowest BCUT2D eigenvalue weighted by Gasteiger charge is -2.14. The smallest absolute Gasteiger partial charge is 0.303 e. The molecule has 5 rings (SSSR count). The van der Waals surface area contributed by atoms with Crippen molar-refractivity contribution in [3.8, 4) is 0 Å². The molecular formula is C54H68N4O6. The zero-order valence-corrected chi connectivity index (χ0v) is 39.2. The standard InChI is InChI=1S/C54H68N4O6/c1-10-39-36(7)44-29-50-54(51(60)22-14-21-35(6)20-13-19-34(5)18-12-17-33(4)16-11-15-32(2)3)38(9)45(57-50)28-49-42(31-59)41(24-26-53(63)64)48(58-49)30-47-40(23-25-52(61)62)37(8)43(56-47)27-46(39)55-44/h10,15,17,21,27-31,34,51,55,59-60H,1,11-14,16,18-20,22-26H2,2-9H3,(H,61,62)(H,63,64)/b33-17+,35-21+,42-31?,44-29?,45-28?,46-27?,47-30?/t34?,51-/m0/s1. The van der Waals surface area contributed by atoms with Gasteiger partial charge >= 0.3 is 11.9 Å². The number of hydrogen-bond acceptors (Lipinski definition) is 7. The fourth-order valence-corrected chi connectivity index (χ4v) is 8.75. The number of aromatic amines is 1. The van der Waals surface area contributed by atoms with Crippen LogP contribution in [0, 0.1) is 12.8 Å². The number of nitrogens with zero attached hydrogens (tertiary/aromatic N) is 3. The van der Waals surface area contributed by atoms with Crippen LogP contribution >= 0.6 is 0 Å². The van der Waals surface area contributed by atoms with Crippen LogP contribution in [0.4, 0.5) is 0 Å². The number of rotatable bonds is 21. The summed E-state index contributed by atoms with van der Waals surface area (Å²) < 4.78 is 0. The molecule has 0 radical (unpaired) electrons. The number of fused-ring (bicyclic) bond motifs is 5. The molecule has 0 aliphatic carbocycles. The Hall–Kier alpha value is -5.87. The molecule has 0 saturated carbocycles. The van der Waals surface area contributed by atoms with E-state index in [1.165, 1.54) is 29.6 Å². The second-order valence-electron chi connectivity index (χ2n) is 18.0. The summed E-state index contributed by atoms with van der Waals surface area (Å²) >= 11 is 0. The summed E-state index contributed by atoms with van der Waals surface area (Å²) in [6.07, 6.45) is 25.4. The van der Waals surface area contributed by atoms with Gasteiger partial charge in [-0.05, 0) is 171 Å². The van der Waals surface area contributed by atoms with Gasteiger partial charge in [-0.1, -0.05) is 60.9 Å². The van der Waals surface area contributed by atoms with Gasteiger partial charge in [-0.25, -0.2) is 15.0 Å². The van der Waals surface area contributed by atoms with E-state index in [9.17, 15) is 30.0 Å². The van der Waals surface area contributed by atoms with Gasteiger partial charge in [-0.3, -0.25) is 9.59 Å². The molecule has 4 aliphatic heterocycles. The fourth-order valence-electron chi connectivity index (χ4n) is 8.75. The van der Waals surface area contributed by atoms with Gasteiger partial charge in [0.05, 0.1) is 46.6 Å². The first kappa shape index (κ1) is 49.2. The molecule has 10 heteroatoms. The van der Waals surface area contributed by atoms with Crippen LogP contribution in [0.25, 0.3) is 18.2 Å². The first-order valence-electron chi connectivity index (χ1n) is 22.8. The van der Waals surface area contributed by atoms with Gasteiger partial charge in [0, 0.05) is 40.2 Å². The maximum Gasteiger partial charge on any atom is 0.303 e. The molecule has 0 spiro atoms. The summed E-state index contributed by atoms with van der Waals surface area (Å²) in [6.45, 7) is 21.0. The molecule has 10 nitrogen and oxygen atoms in total. The highest BCUT2D eigenvalue weighted by Crippen LogP contribution is 2.38. The lowest BCUT2D eigenvalue weighted by Crippen LogP contribution is -2.20. The average Bonchev–Trinajstić information content (AvgIpc) is 3.91. The lowest BCUT2D eigenvalue weighted by atomic mass is 9.94. The highest BCUT2D eigenvalue weighted by molar-refractivity contribution is 6.25. The normalized spacial score (nSPS) is 18.0. The Labute approximate surface area is 379 Å². The number of nitrogens with one attached hydrogen (secondary N) is 1. The number of H-pyrrole nitrogens is 1. The molecule has 0 saturated heterocycles. The molecule has 5 N–H and O–H groups in total. The summed E-state index contributed by atoms with van der Waals surface area (Å²) in [7, 11) is 0. The SMILES string of the molecule is C=Cc1c(C)c2[nH]c1=CC1=NC(=CC3=C(CCC(=O)O)C(=CO)C(=N3)C=C3N=C(C=2)C([C@@H](O)CC/C=C(\C)CCCC(C)CC/C=C(\C)CCC=C(C)C)=C3C)C(CCC(=O)O)=C1C. The Bertz CT molecular complexity index is 2550. The Morgan fingerprint density at radius 3 is 2.02 bits per heavy atom. The molecule has 8 bridgehead atoms. The number of aliphatic carboxylic acids is 2. The number of carbonyl (C=O) groups is 2. The maximum absolute atomic E-state index is 11.9. The highest BCUT2D eigenvalue weighted by atomic mass is 16.4. The number of carboxylic acids is 2. The number of aliphatic imine (C=N–C) groups is 3. The Morgan fingerprint density at radius 2 is 1.36 bits per heavy atom. The van der Waals surface area contributed by atoms with Crippen LogP contribution in [0.5, 0.6) is 0 Å². The lowest BCUT2D eigenvalue weighted by molar-refractivity contribution is -0.137. The van der Waals surface area contributed by atoms with E-state index < -0.39 is 18.0 Å². The van der Waals surface area contributed by atoms with E-state index in [1.54, 1.807) is 18.2 Å². The van der Waals surface area contributed by atoms with E-state index in [2.05, 4.69) is 64.4 Å². The average molecular weight is 869 g/mol. The Balaban J connectivity index is 1.44. The van der Waals surface area contributed by atoms with Crippen molar-refractivity contribution in [2.45, 2.75) is 145 Å². The molecule has 2 atom stereocenters. The minimum atomic E-state index is -0.998. The minimum Gasteiger partial charge on any atom is -0.515 e. The van der Waals surface area contributed by atoms with Gasteiger partial charge < -0.3 is 25.4 Å². The van der Waals surface area contributed by atoms with Gasteiger partial charge in [0.15, 0.2) is 0 Å². The van der Waals surface area contributed by atoms with E-state index >= 15 is 0 Å². The molecule has 64 heavy (non-hydrogen) atoms. The van der Waals surface area contributed by atoms with Gasteiger partial charge in [0.2, 0.25) is 0 Å². The number of hydrogen-bond donors (Lipinski definition) is 5. The molecule has 0 aromatic carbocycles.